The van der Waals surface area contributed by atoms with Gasteiger partial charge in [-0.15, -0.1) is 0 Å². The second-order valence-corrected chi connectivity index (χ2v) is 2.15. The van der Waals surface area contributed by atoms with E-state index >= 15 is 0 Å². The molecule has 0 aliphatic rings. The Bertz CT molecular complexity index is 50.4. The molecule has 0 radical (unpaired) electrons. The van der Waals surface area contributed by atoms with Gasteiger partial charge in [-0.05, 0) is 0 Å². The second-order valence-electron chi connectivity index (χ2n) is 0.946. The highest BCUT2D eigenvalue weighted by atomic mass is 28.4. The van der Waals surface area contributed by atoms with Crippen molar-refractivity contribution in [1.29, 1.82) is 0 Å². The van der Waals surface area contributed by atoms with Gasteiger partial charge in [-0.25, -0.2) is 0 Å². The van der Waals surface area contributed by atoms with E-state index in [0.29, 0.717) is 0 Å². The molecule has 10 heteroatoms. The minimum atomic E-state index is -4.61. The summed E-state index contributed by atoms with van der Waals surface area (Å²) in [6, 6.07) is 0. The molecule has 0 aromatic heterocycles. The minimum absolute atomic E-state index is 0. The highest BCUT2D eigenvalue weighted by molar-refractivity contribution is 6.46. The Labute approximate surface area is 68.6 Å². The zero-order chi connectivity index (χ0) is 8.08. The summed E-state index contributed by atoms with van der Waals surface area (Å²) in [4.78, 5) is 29.3. The first-order valence-electron chi connectivity index (χ1n) is 1.67. The van der Waals surface area contributed by atoms with Gasteiger partial charge in [-0.3, -0.25) is 0 Å². The Hall–Kier alpha value is 0.534. The molecule has 0 bridgehead atoms. The summed E-state index contributed by atoms with van der Waals surface area (Å²) < 4.78 is 0. The minimum Gasteiger partial charge on any atom is -0.402 e. The molecular weight excluding hydrogens is 178 g/mol. The van der Waals surface area contributed by atoms with Crippen molar-refractivity contribution in [3.8, 4) is 0 Å². The van der Waals surface area contributed by atoms with Gasteiger partial charge in [-0.1, -0.05) is 0 Å². The largest absolute Gasteiger partial charge is 0.668 e. The van der Waals surface area contributed by atoms with Crippen molar-refractivity contribution in [2.45, 2.75) is 0 Å². The zero-order valence-corrected chi connectivity index (χ0v) is 5.21. The highest BCUT2D eigenvalue weighted by Crippen LogP contribution is 1.67. The van der Waals surface area contributed by atoms with E-state index in [1.54, 1.807) is 0 Å². The zero-order valence-electron chi connectivity index (χ0n) is 4.21. The molecule has 7 N–H and O–H groups in total. The Morgan fingerprint density at radius 1 is 0.800 bits per heavy atom. The molecule has 0 fully saturated rings. The van der Waals surface area contributed by atoms with Gasteiger partial charge in [0.15, 0.2) is 17.4 Å². The molecule has 0 aliphatic carbocycles. The topological polar surface area (TPSA) is 142 Å². The summed E-state index contributed by atoms with van der Waals surface area (Å²) >= 11 is 0. The van der Waals surface area contributed by atoms with Gasteiger partial charge in [0, 0.05) is 0 Å². The molecule has 0 atom stereocenters. The molecule has 0 aromatic rings. The van der Waals surface area contributed by atoms with Gasteiger partial charge in [0.05, 0.1) is 0 Å². The van der Waals surface area contributed by atoms with Crippen LogP contribution in [0.2, 0.25) is 0 Å². The summed E-state index contributed by atoms with van der Waals surface area (Å²) in [7, 11) is -6.78. The molecular formula is H10AlBO7Si. The fraction of sp³-hybridized carbons (Fsp3) is 0. The third-order valence-electron chi connectivity index (χ3n) is 0. The number of hydrogen-bond donors (Lipinski definition) is 7. The monoisotopic (exact) mass is 188 g/mol. The Morgan fingerprint density at radius 2 is 0.800 bits per heavy atom. The third-order valence-corrected chi connectivity index (χ3v) is 0. The maximum Gasteiger partial charge on any atom is 0.668 e. The number of rotatable bonds is 0. The summed E-state index contributed by atoms with van der Waals surface area (Å²) in [6.07, 6.45) is 0. The average molecular weight is 188 g/mol. The lowest BCUT2D eigenvalue weighted by molar-refractivity contribution is 0.117. The summed E-state index contributed by atoms with van der Waals surface area (Å²) in [6.45, 7) is 0. The molecule has 62 valence electrons. The first-order valence-corrected chi connectivity index (χ1v) is 3.46. The van der Waals surface area contributed by atoms with Crippen LogP contribution in [0.5, 0.6) is 0 Å². The van der Waals surface area contributed by atoms with Crippen molar-refractivity contribution < 1.29 is 34.3 Å². The van der Waals surface area contributed by atoms with Crippen molar-refractivity contribution in [1.82, 2.24) is 0 Å². The lowest BCUT2D eigenvalue weighted by Crippen LogP contribution is -2.33. The van der Waals surface area contributed by atoms with E-state index in [0.717, 1.165) is 0 Å². The molecule has 0 saturated heterocycles. The van der Waals surface area contributed by atoms with E-state index in [1.807, 2.05) is 0 Å². The van der Waals surface area contributed by atoms with Gasteiger partial charge in [0.25, 0.3) is 0 Å². The molecule has 10 heavy (non-hydrogen) atoms. The normalized spacial score (nSPS) is 8.70. The molecule has 0 amide bonds. The van der Waals surface area contributed by atoms with Gasteiger partial charge in [0.1, 0.15) is 0 Å². The van der Waals surface area contributed by atoms with Crippen LogP contribution in [-0.4, -0.2) is 68.0 Å². The quantitative estimate of drug-likeness (QED) is 0.188. The van der Waals surface area contributed by atoms with Crippen LogP contribution in [0, 0.1) is 0 Å². The molecule has 7 nitrogen and oxygen atoms in total. The van der Waals surface area contributed by atoms with Crippen LogP contribution in [0.1, 0.15) is 0 Å². The highest BCUT2D eigenvalue weighted by Gasteiger charge is 2.22. The van der Waals surface area contributed by atoms with Gasteiger partial charge >= 0.3 is 16.4 Å². The van der Waals surface area contributed by atoms with Crippen LogP contribution >= 0.6 is 0 Å². The molecule has 0 aromatic carbocycles. The van der Waals surface area contributed by atoms with Crippen LogP contribution in [0.3, 0.4) is 0 Å². The third kappa shape index (κ3) is 1700. The molecule has 0 rings (SSSR count). The van der Waals surface area contributed by atoms with Crippen molar-refractivity contribution in [3.05, 3.63) is 0 Å². The van der Waals surface area contributed by atoms with Crippen molar-refractivity contribution in [2.24, 2.45) is 0 Å². The van der Waals surface area contributed by atoms with Crippen LogP contribution < -0.4 is 0 Å². The van der Waals surface area contributed by atoms with E-state index in [-0.39, 0.29) is 17.4 Å². The smallest absolute Gasteiger partial charge is 0.402 e. The van der Waals surface area contributed by atoms with E-state index in [2.05, 4.69) is 0 Å². The fourth-order valence-corrected chi connectivity index (χ4v) is 0. The van der Waals surface area contributed by atoms with Crippen LogP contribution in [0.15, 0.2) is 0 Å². The second kappa shape index (κ2) is 7.64. The number of hydrogen-bond acceptors (Lipinski definition) is 7. The summed E-state index contributed by atoms with van der Waals surface area (Å²) in [5.41, 5.74) is 0. The lowest BCUT2D eigenvalue weighted by Gasteiger charge is -1.91. The van der Waals surface area contributed by atoms with Gasteiger partial charge < -0.3 is 34.3 Å². The van der Waals surface area contributed by atoms with Crippen molar-refractivity contribution >= 4 is 33.7 Å². The van der Waals surface area contributed by atoms with Gasteiger partial charge in [-0.2, -0.15) is 0 Å². The van der Waals surface area contributed by atoms with Crippen LogP contribution in [-0.2, 0) is 0 Å². The van der Waals surface area contributed by atoms with E-state index < -0.39 is 16.4 Å². The van der Waals surface area contributed by atoms with Gasteiger partial charge in [0.2, 0.25) is 0 Å². The predicted molar refractivity (Wildman–Crippen MR) is 37.0 cm³/mol. The lowest BCUT2D eigenvalue weighted by atomic mass is 10.3. The maximum absolute atomic E-state index is 7.33. The maximum atomic E-state index is 7.33. The predicted octanol–water partition coefficient (Wildman–Crippen LogP) is -5.84. The summed E-state index contributed by atoms with van der Waals surface area (Å²) in [5, 5.41) is 21.5. The SMILES string of the molecule is OB(O)O.O[Si](O)(O)O.[AlH3]. The van der Waals surface area contributed by atoms with E-state index in [1.165, 1.54) is 0 Å². The first kappa shape index (κ1) is 16.9. The molecule has 0 heterocycles. The Morgan fingerprint density at radius 3 is 0.800 bits per heavy atom. The van der Waals surface area contributed by atoms with Crippen LogP contribution in [0.4, 0.5) is 0 Å². The Balaban J connectivity index is -0.0000000910. The molecule has 0 aliphatic heterocycles. The van der Waals surface area contributed by atoms with Crippen molar-refractivity contribution in [3.63, 3.8) is 0 Å². The van der Waals surface area contributed by atoms with E-state index in [9.17, 15) is 0 Å². The van der Waals surface area contributed by atoms with Crippen LogP contribution in [0.25, 0.3) is 0 Å². The molecule has 0 unspecified atom stereocenters. The van der Waals surface area contributed by atoms with E-state index in [4.69, 9.17) is 34.3 Å². The first-order chi connectivity index (χ1) is 3.73. The Kier molecular flexibility index (Phi) is 12.9. The summed E-state index contributed by atoms with van der Waals surface area (Å²) in [5.74, 6) is 0. The fourth-order valence-electron chi connectivity index (χ4n) is 0. The standard InChI is InChI=1S/Al.BH3O3.H4O4Si.3H/c;2-1(3)4;1-5(2,3)4;;;/h;2-4H;1-4H;;;. The molecule has 0 spiro atoms. The molecule has 0 saturated carbocycles. The van der Waals surface area contributed by atoms with Crippen molar-refractivity contribution in [2.75, 3.05) is 0 Å². The average Bonchev–Trinajstić information content (AvgIpc) is 1.19.